The predicted molar refractivity (Wildman–Crippen MR) is 86.6 cm³/mol. The lowest BCUT2D eigenvalue weighted by atomic mass is 9.98. The van der Waals surface area contributed by atoms with Crippen LogP contribution >= 0.6 is 0 Å². The topological polar surface area (TPSA) is 38.8 Å². The number of amides is 1. The molecule has 1 fully saturated rings. The highest BCUT2D eigenvalue weighted by Gasteiger charge is 2.29. The van der Waals surface area contributed by atoms with E-state index in [0.717, 1.165) is 29.5 Å². The van der Waals surface area contributed by atoms with Gasteiger partial charge in [-0.15, -0.1) is 0 Å². The largest absolute Gasteiger partial charge is 0.454 e. The van der Waals surface area contributed by atoms with Crippen molar-refractivity contribution in [2.45, 2.75) is 18.8 Å². The summed E-state index contributed by atoms with van der Waals surface area (Å²) in [7, 11) is 0. The highest BCUT2D eigenvalue weighted by Crippen LogP contribution is 2.37. The summed E-state index contributed by atoms with van der Waals surface area (Å²) in [5, 5.41) is 0. The summed E-state index contributed by atoms with van der Waals surface area (Å²) in [6.45, 7) is 1.40. The van der Waals surface area contributed by atoms with E-state index in [1.807, 2.05) is 18.2 Å². The van der Waals surface area contributed by atoms with Gasteiger partial charge >= 0.3 is 0 Å². The van der Waals surface area contributed by atoms with Crippen LogP contribution in [0.1, 0.15) is 23.5 Å². The molecule has 4 rings (SSSR count). The molecule has 0 bridgehead atoms. The van der Waals surface area contributed by atoms with Crippen LogP contribution in [0.5, 0.6) is 11.5 Å². The zero-order valence-electron chi connectivity index (χ0n) is 13.5. The second-order valence-corrected chi connectivity index (χ2v) is 6.33. The van der Waals surface area contributed by atoms with Crippen molar-refractivity contribution in [3.63, 3.8) is 0 Å². The molecule has 0 saturated carbocycles. The number of hydrogen-bond donors (Lipinski definition) is 0. The number of carbonyl (C=O) groups excluding carboxylic acids is 1. The second kappa shape index (κ2) is 6.35. The summed E-state index contributed by atoms with van der Waals surface area (Å²) in [5.41, 5.74) is 1.19. The minimum Gasteiger partial charge on any atom is -0.454 e. The first-order valence-corrected chi connectivity index (χ1v) is 8.22. The van der Waals surface area contributed by atoms with Crippen molar-refractivity contribution in [2.24, 2.45) is 0 Å². The molecule has 25 heavy (non-hydrogen) atoms. The number of nitrogens with zero attached hydrogens (tertiary/aromatic N) is 1. The number of benzene rings is 2. The Kier molecular flexibility index (Phi) is 4.03. The zero-order valence-corrected chi connectivity index (χ0v) is 13.5. The van der Waals surface area contributed by atoms with Crippen LogP contribution in [-0.2, 0) is 11.2 Å². The second-order valence-electron chi connectivity index (χ2n) is 6.33. The molecular weight excluding hydrogens is 328 g/mol. The minimum absolute atomic E-state index is 0.0940. The maximum Gasteiger partial charge on any atom is 0.231 e. The van der Waals surface area contributed by atoms with Crippen molar-refractivity contribution in [1.82, 2.24) is 4.90 Å². The number of fused-ring (bicyclic) bond motifs is 1. The van der Waals surface area contributed by atoms with Gasteiger partial charge in [0.05, 0.1) is 6.42 Å². The molecule has 0 radical (unpaired) electrons. The maximum absolute atomic E-state index is 13.7. The van der Waals surface area contributed by atoms with E-state index in [9.17, 15) is 13.6 Å². The molecule has 2 aromatic carbocycles. The van der Waals surface area contributed by atoms with Gasteiger partial charge < -0.3 is 14.4 Å². The van der Waals surface area contributed by atoms with Gasteiger partial charge in [0, 0.05) is 24.6 Å². The van der Waals surface area contributed by atoms with Crippen LogP contribution in [0.25, 0.3) is 0 Å². The van der Waals surface area contributed by atoms with E-state index in [-0.39, 0.29) is 30.6 Å². The number of likely N-dealkylation sites (tertiary alicyclic amines) is 1. The molecule has 0 aromatic heterocycles. The van der Waals surface area contributed by atoms with Gasteiger partial charge in [0.25, 0.3) is 0 Å². The molecule has 4 nitrogen and oxygen atoms in total. The van der Waals surface area contributed by atoms with Crippen molar-refractivity contribution in [3.8, 4) is 11.5 Å². The van der Waals surface area contributed by atoms with E-state index in [1.165, 1.54) is 12.1 Å². The molecule has 2 aliphatic rings. The normalized spacial score (nSPS) is 18.6. The lowest BCUT2D eigenvalue weighted by molar-refractivity contribution is -0.129. The predicted octanol–water partition coefficient (Wildman–Crippen LogP) is 3.25. The third-order valence-corrected chi connectivity index (χ3v) is 4.78. The minimum atomic E-state index is -0.942. The first kappa shape index (κ1) is 15.9. The molecule has 1 amide bonds. The molecule has 1 atom stereocenters. The van der Waals surface area contributed by atoms with Crippen LogP contribution < -0.4 is 9.47 Å². The van der Waals surface area contributed by atoms with E-state index in [4.69, 9.17) is 9.47 Å². The summed E-state index contributed by atoms with van der Waals surface area (Å²) < 4.78 is 37.7. The summed E-state index contributed by atoms with van der Waals surface area (Å²) in [5.74, 6) is -0.392. The van der Waals surface area contributed by atoms with Crippen molar-refractivity contribution in [3.05, 3.63) is 59.2 Å². The molecule has 130 valence electrons. The van der Waals surface area contributed by atoms with Crippen molar-refractivity contribution >= 4 is 5.91 Å². The first-order valence-electron chi connectivity index (χ1n) is 8.22. The third-order valence-electron chi connectivity index (χ3n) is 4.78. The lowest BCUT2D eigenvalue weighted by Crippen LogP contribution is -2.30. The molecule has 0 N–H and O–H groups in total. The summed E-state index contributed by atoms with van der Waals surface area (Å²) in [4.78, 5) is 14.1. The molecule has 0 unspecified atom stereocenters. The standard InChI is InChI=1S/C19H17F2NO3/c20-15-3-1-2-13(19(15)21)9-18(23)22-7-6-14(10-22)12-4-5-16-17(8-12)25-11-24-16/h1-5,8,14H,6-7,9-11H2/t14-/m0/s1. The Balaban J connectivity index is 1.43. The van der Waals surface area contributed by atoms with E-state index < -0.39 is 11.6 Å². The van der Waals surface area contributed by atoms with Crippen LogP contribution in [0.15, 0.2) is 36.4 Å². The van der Waals surface area contributed by atoms with Crippen molar-refractivity contribution in [1.29, 1.82) is 0 Å². The molecule has 1 saturated heterocycles. The van der Waals surface area contributed by atoms with Crippen LogP contribution in [0, 0.1) is 11.6 Å². The van der Waals surface area contributed by atoms with Crippen LogP contribution in [0.4, 0.5) is 8.78 Å². The number of halogens is 2. The van der Waals surface area contributed by atoms with Crippen LogP contribution in [0.2, 0.25) is 0 Å². The van der Waals surface area contributed by atoms with E-state index in [2.05, 4.69) is 0 Å². The number of carbonyl (C=O) groups is 1. The quantitative estimate of drug-likeness (QED) is 0.857. The van der Waals surface area contributed by atoms with Gasteiger partial charge in [-0.05, 0) is 30.2 Å². The molecule has 6 heteroatoms. The summed E-state index contributed by atoms with van der Waals surface area (Å²) in [6.07, 6.45) is 0.703. The van der Waals surface area contributed by atoms with Gasteiger partial charge in [-0.3, -0.25) is 4.79 Å². The Morgan fingerprint density at radius 1 is 1.16 bits per heavy atom. The first-order chi connectivity index (χ1) is 12.1. The highest BCUT2D eigenvalue weighted by atomic mass is 19.2. The van der Waals surface area contributed by atoms with E-state index in [1.54, 1.807) is 4.90 Å². The molecule has 2 aliphatic heterocycles. The SMILES string of the molecule is O=C(Cc1cccc(F)c1F)N1CC[C@H](c2ccc3c(c2)OCO3)C1. The van der Waals surface area contributed by atoms with Gasteiger partial charge in [-0.2, -0.15) is 0 Å². The van der Waals surface area contributed by atoms with Crippen LogP contribution in [-0.4, -0.2) is 30.7 Å². The smallest absolute Gasteiger partial charge is 0.231 e. The Bertz CT molecular complexity index is 824. The maximum atomic E-state index is 13.7. The van der Waals surface area contributed by atoms with Gasteiger partial charge in [0.2, 0.25) is 12.7 Å². The molecule has 0 spiro atoms. The lowest BCUT2D eigenvalue weighted by Gasteiger charge is -2.17. The molecule has 2 aromatic rings. The number of hydrogen-bond acceptors (Lipinski definition) is 3. The highest BCUT2D eigenvalue weighted by molar-refractivity contribution is 5.79. The molecule has 0 aliphatic carbocycles. The van der Waals surface area contributed by atoms with Crippen molar-refractivity contribution < 1.29 is 23.0 Å². The Hall–Kier alpha value is -2.63. The van der Waals surface area contributed by atoms with Crippen LogP contribution in [0.3, 0.4) is 0 Å². The summed E-state index contributed by atoms with van der Waals surface area (Å²) >= 11 is 0. The Labute approximate surface area is 144 Å². The number of ether oxygens (including phenoxy) is 2. The summed E-state index contributed by atoms with van der Waals surface area (Å²) in [6, 6.07) is 9.73. The Morgan fingerprint density at radius 2 is 2.00 bits per heavy atom. The Morgan fingerprint density at radius 3 is 2.88 bits per heavy atom. The fraction of sp³-hybridized carbons (Fsp3) is 0.316. The average molecular weight is 345 g/mol. The van der Waals surface area contributed by atoms with E-state index in [0.29, 0.717) is 13.1 Å². The average Bonchev–Trinajstić information content (AvgIpc) is 3.27. The number of rotatable bonds is 3. The molecular formula is C19H17F2NO3. The fourth-order valence-corrected chi connectivity index (χ4v) is 3.39. The van der Waals surface area contributed by atoms with Gasteiger partial charge in [-0.25, -0.2) is 8.78 Å². The third kappa shape index (κ3) is 3.04. The monoisotopic (exact) mass is 345 g/mol. The van der Waals surface area contributed by atoms with E-state index >= 15 is 0 Å². The van der Waals surface area contributed by atoms with Gasteiger partial charge in [0.15, 0.2) is 23.1 Å². The van der Waals surface area contributed by atoms with Crippen molar-refractivity contribution in [2.75, 3.05) is 19.9 Å². The van der Waals surface area contributed by atoms with Gasteiger partial charge in [0.1, 0.15) is 0 Å². The van der Waals surface area contributed by atoms with Gasteiger partial charge in [-0.1, -0.05) is 18.2 Å². The molecule has 2 heterocycles. The fourth-order valence-electron chi connectivity index (χ4n) is 3.39. The zero-order chi connectivity index (χ0) is 17.4.